The zero-order chi connectivity index (χ0) is 24.1. The van der Waals surface area contributed by atoms with Gasteiger partial charge in [0.2, 0.25) is 0 Å². The number of aliphatic hydroxyl groups is 1. The van der Waals surface area contributed by atoms with E-state index in [1.54, 1.807) is 41.8 Å². The first kappa shape index (κ1) is 25.7. The van der Waals surface area contributed by atoms with Crippen molar-refractivity contribution >= 4 is 29.8 Å². The molecule has 0 aliphatic heterocycles. The summed E-state index contributed by atoms with van der Waals surface area (Å²) in [7, 11) is 0. The maximum atomic E-state index is 14.4. The van der Waals surface area contributed by atoms with Gasteiger partial charge >= 0.3 is 0 Å². The summed E-state index contributed by atoms with van der Waals surface area (Å²) < 4.78 is 29.2. The van der Waals surface area contributed by atoms with E-state index in [1.807, 2.05) is 0 Å². The van der Waals surface area contributed by atoms with Crippen LogP contribution in [0.4, 0.5) is 20.3 Å². The van der Waals surface area contributed by atoms with Gasteiger partial charge in [-0.2, -0.15) is 0 Å². The van der Waals surface area contributed by atoms with Gasteiger partial charge in [-0.15, -0.1) is 22.6 Å². The number of rotatable bonds is 8. The Morgan fingerprint density at radius 2 is 1.89 bits per heavy atom. The van der Waals surface area contributed by atoms with Gasteiger partial charge in [0, 0.05) is 12.2 Å². The lowest BCUT2D eigenvalue weighted by Gasteiger charge is -2.13. The van der Waals surface area contributed by atoms with Gasteiger partial charge in [0.15, 0.2) is 5.82 Å². The number of nitrogens with one attached hydrogen (secondary N) is 2. The highest BCUT2D eigenvalue weighted by atomic mass is 35.5. The maximum absolute atomic E-state index is 14.4. The second-order valence-electron chi connectivity index (χ2n) is 7.63. The minimum Gasteiger partial charge on any atom is -0.394 e. The van der Waals surface area contributed by atoms with E-state index in [2.05, 4.69) is 25.8 Å². The molecule has 11 heteroatoms. The smallest absolute Gasteiger partial charge is 0.259 e. The Hall–Kier alpha value is -3.89. The molecule has 1 amide bonds. The van der Waals surface area contributed by atoms with Crippen molar-refractivity contribution in [1.82, 2.24) is 19.7 Å². The van der Waals surface area contributed by atoms with Crippen LogP contribution in [0.3, 0.4) is 0 Å². The number of hydrogen-bond acceptors (Lipinski definition) is 6. The quantitative estimate of drug-likeness (QED) is 0.330. The highest BCUT2D eigenvalue weighted by Gasteiger charge is 2.16. The molecule has 0 aliphatic rings. The summed E-state index contributed by atoms with van der Waals surface area (Å²) in [4.78, 5) is 17.2. The fourth-order valence-corrected chi connectivity index (χ4v) is 3.26. The lowest BCUT2D eigenvalue weighted by molar-refractivity contribution is 0.102. The van der Waals surface area contributed by atoms with E-state index < -0.39 is 11.7 Å². The predicted molar refractivity (Wildman–Crippen MR) is 130 cm³/mol. The number of benzene rings is 2. The Bertz CT molecular complexity index is 1300. The molecular formula is C24H23ClF2N6O2. The molecule has 182 valence electrons. The van der Waals surface area contributed by atoms with Crippen LogP contribution < -0.4 is 10.6 Å². The Morgan fingerprint density at radius 3 is 2.63 bits per heavy atom. The molecule has 35 heavy (non-hydrogen) atoms. The topological polar surface area (TPSA) is 105 Å². The molecule has 0 bridgehead atoms. The summed E-state index contributed by atoms with van der Waals surface area (Å²) in [5, 5.41) is 23.0. The number of pyridine rings is 1. The fourth-order valence-electron chi connectivity index (χ4n) is 3.26. The molecule has 3 N–H and O–H groups in total. The molecule has 2 heterocycles. The lowest BCUT2D eigenvalue weighted by atomic mass is 10.1. The number of carbonyl (C=O) groups excluding carboxylic acids is 1. The number of anilines is 2. The van der Waals surface area contributed by atoms with Crippen molar-refractivity contribution in [2.45, 2.75) is 19.5 Å². The minimum absolute atomic E-state index is 0. The monoisotopic (exact) mass is 500 g/mol. The Balaban J connectivity index is 0.00000342. The largest absolute Gasteiger partial charge is 0.394 e. The van der Waals surface area contributed by atoms with Gasteiger partial charge in [-0.05, 0) is 55.0 Å². The van der Waals surface area contributed by atoms with Crippen LogP contribution in [0.5, 0.6) is 0 Å². The van der Waals surface area contributed by atoms with E-state index in [0.29, 0.717) is 23.8 Å². The van der Waals surface area contributed by atoms with Crippen molar-refractivity contribution < 1.29 is 18.7 Å². The highest BCUT2D eigenvalue weighted by Crippen LogP contribution is 2.21. The van der Waals surface area contributed by atoms with Gasteiger partial charge in [0.05, 0.1) is 18.2 Å². The predicted octanol–water partition coefficient (Wildman–Crippen LogP) is 4.46. The first-order valence-electron chi connectivity index (χ1n) is 10.5. The summed E-state index contributed by atoms with van der Waals surface area (Å²) in [5.41, 5.74) is 1.64. The number of hydrogen-bond donors (Lipinski definition) is 3. The summed E-state index contributed by atoms with van der Waals surface area (Å²) in [6.45, 7) is 2.08. The molecule has 1 unspecified atom stereocenters. The third-order valence-electron chi connectivity index (χ3n) is 5.15. The molecule has 0 aliphatic carbocycles. The zero-order valence-electron chi connectivity index (χ0n) is 18.7. The van der Waals surface area contributed by atoms with Crippen LogP contribution >= 0.6 is 12.4 Å². The Labute approximate surface area is 206 Å². The van der Waals surface area contributed by atoms with Crippen molar-refractivity contribution in [1.29, 1.82) is 0 Å². The van der Waals surface area contributed by atoms with E-state index in [9.17, 15) is 18.7 Å². The molecule has 2 aromatic heterocycles. The number of carbonyl (C=O) groups is 1. The van der Waals surface area contributed by atoms with Crippen LogP contribution in [-0.4, -0.2) is 37.4 Å². The molecule has 0 saturated carbocycles. The van der Waals surface area contributed by atoms with E-state index in [0.717, 1.165) is 5.56 Å². The van der Waals surface area contributed by atoms with Crippen molar-refractivity contribution in [2.75, 3.05) is 17.2 Å². The average Bonchev–Trinajstić information content (AvgIpc) is 3.34. The minimum atomic E-state index is -0.683. The molecule has 0 spiro atoms. The van der Waals surface area contributed by atoms with E-state index in [4.69, 9.17) is 0 Å². The second-order valence-corrected chi connectivity index (χ2v) is 7.63. The summed E-state index contributed by atoms with van der Waals surface area (Å²) in [5.74, 6) is -1.05. The Kier molecular flexibility index (Phi) is 8.45. The molecule has 4 aromatic rings. The summed E-state index contributed by atoms with van der Waals surface area (Å²) in [6, 6.07) is 14.8. The summed E-state index contributed by atoms with van der Waals surface area (Å²) in [6.07, 6.45) is 1.49. The molecular weight excluding hydrogens is 478 g/mol. The molecule has 2 aromatic carbocycles. The van der Waals surface area contributed by atoms with Gasteiger partial charge in [0.25, 0.3) is 5.91 Å². The second kappa shape index (κ2) is 11.5. The van der Waals surface area contributed by atoms with Crippen LogP contribution in [0.1, 0.15) is 28.9 Å². The molecule has 4 rings (SSSR count). The third-order valence-corrected chi connectivity index (χ3v) is 5.15. The first-order chi connectivity index (χ1) is 16.4. The van der Waals surface area contributed by atoms with Crippen molar-refractivity contribution in [3.63, 3.8) is 0 Å². The molecule has 8 nitrogen and oxygen atoms in total. The van der Waals surface area contributed by atoms with E-state index in [1.165, 1.54) is 36.7 Å². The van der Waals surface area contributed by atoms with Crippen molar-refractivity contribution in [2.24, 2.45) is 0 Å². The van der Waals surface area contributed by atoms with Crippen LogP contribution in [0.2, 0.25) is 0 Å². The molecule has 0 radical (unpaired) electrons. The standard InChI is InChI=1S/C24H22F2N6O2.ClH/c1-15(13-33)32-14-28-31-23(32)21-3-2-4-22(29-21)30-24(34)19-11-18(9-10-20(19)26)27-12-16-5-7-17(25)8-6-16;/h2-11,14-15,27,33H,12-13H2,1H3,(H,29,30,34);1H. The van der Waals surface area contributed by atoms with Gasteiger partial charge in [-0.1, -0.05) is 18.2 Å². The van der Waals surface area contributed by atoms with Gasteiger partial charge in [-0.3, -0.25) is 4.79 Å². The first-order valence-corrected chi connectivity index (χ1v) is 10.5. The number of amides is 1. The summed E-state index contributed by atoms with van der Waals surface area (Å²) >= 11 is 0. The van der Waals surface area contributed by atoms with Gasteiger partial charge < -0.3 is 20.3 Å². The molecule has 0 saturated heterocycles. The highest BCUT2D eigenvalue weighted by molar-refractivity contribution is 6.04. The van der Waals surface area contributed by atoms with Crippen LogP contribution in [0, 0.1) is 11.6 Å². The normalized spacial score (nSPS) is 11.4. The van der Waals surface area contributed by atoms with Crippen LogP contribution in [0.25, 0.3) is 11.5 Å². The van der Waals surface area contributed by atoms with E-state index >= 15 is 0 Å². The van der Waals surface area contributed by atoms with Crippen LogP contribution in [0.15, 0.2) is 67.0 Å². The Morgan fingerprint density at radius 1 is 1.11 bits per heavy atom. The SMILES string of the molecule is CC(CO)n1cnnc1-c1cccc(NC(=O)c2cc(NCc3ccc(F)cc3)ccc2F)n1.Cl. The number of nitrogens with zero attached hydrogens (tertiary/aromatic N) is 4. The van der Waals surface area contributed by atoms with Crippen molar-refractivity contribution in [3.8, 4) is 11.5 Å². The average molecular weight is 501 g/mol. The number of halogens is 3. The third kappa shape index (κ3) is 6.17. The number of aromatic nitrogens is 4. The van der Waals surface area contributed by atoms with Gasteiger partial charge in [-0.25, -0.2) is 13.8 Å². The number of aliphatic hydroxyl groups excluding tert-OH is 1. The molecule has 1 atom stereocenters. The lowest BCUT2D eigenvalue weighted by Crippen LogP contribution is -2.16. The van der Waals surface area contributed by atoms with Crippen LogP contribution in [-0.2, 0) is 6.54 Å². The zero-order valence-corrected chi connectivity index (χ0v) is 19.5. The van der Waals surface area contributed by atoms with Crippen molar-refractivity contribution in [3.05, 3.63) is 89.8 Å². The fraction of sp³-hybridized carbons (Fsp3) is 0.167. The molecule has 0 fully saturated rings. The van der Waals surface area contributed by atoms with Gasteiger partial charge in [0.1, 0.15) is 29.5 Å². The van der Waals surface area contributed by atoms with E-state index in [-0.39, 0.29) is 42.3 Å². The maximum Gasteiger partial charge on any atom is 0.259 e.